The van der Waals surface area contributed by atoms with Gasteiger partial charge in [-0.3, -0.25) is 4.79 Å². The van der Waals surface area contributed by atoms with Gasteiger partial charge in [0.15, 0.2) is 0 Å². The molecule has 4 heteroatoms. The lowest BCUT2D eigenvalue weighted by Crippen LogP contribution is -2.33. The Kier molecular flexibility index (Phi) is 5.65. The first-order chi connectivity index (χ1) is 8.52. The van der Waals surface area contributed by atoms with Crippen molar-refractivity contribution in [1.82, 2.24) is 5.32 Å². The molecule has 100 valence electrons. The van der Waals surface area contributed by atoms with E-state index < -0.39 is 0 Å². The molecule has 0 aliphatic rings. The van der Waals surface area contributed by atoms with E-state index in [1.165, 1.54) is 0 Å². The van der Waals surface area contributed by atoms with E-state index in [0.717, 1.165) is 11.3 Å². The third-order valence-corrected chi connectivity index (χ3v) is 2.71. The van der Waals surface area contributed by atoms with Crippen LogP contribution in [0.2, 0.25) is 0 Å². The molecule has 0 fully saturated rings. The topological polar surface area (TPSA) is 58.4 Å². The minimum absolute atomic E-state index is 0.0897. The molecule has 0 bridgehead atoms. The van der Waals surface area contributed by atoms with Gasteiger partial charge in [0.05, 0.1) is 0 Å². The number of carbonyl (C=O) groups excluding carboxylic acids is 1. The Morgan fingerprint density at radius 3 is 2.78 bits per heavy atom. The Morgan fingerprint density at radius 2 is 2.17 bits per heavy atom. The number of anilines is 1. The van der Waals surface area contributed by atoms with Crippen molar-refractivity contribution in [2.75, 3.05) is 18.5 Å². The molecule has 1 aromatic rings. The predicted octanol–water partition coefficient (Wildman–Crippen LogP) is 1.50. The number of hydrogen-bond acceptors (Lipinski definition) is 3. The van der Waals surface area contributed by atoms with Crippen LogP contribution in [0.5, 0.6) is 0 Å². The summed E-state index contributed by atoms with van der Waals surface area (Å²) >= 11 is 0. The lowest BCUT2D eigenvalue weighted by molar-refractivity contribution is -0.121. The normalized spacial score (nSPS) is 10.5. The molecular weight excluding hydrogens is 226 g/mol. The second kappa shape index (κ2) is 7.01. The largest absolute Gasteiger partial charge is 0.374 e. The Morgan fingerprint density at radius 1 is 1.44 bits per heavy atom. The van der Waals surface area contributed by atoms with Gasteiger partial charge in [-0.05, 0) is 31.5 Å². The average molecular weight is 249 g/mol. The van der Waals surface area contributed by atoms with Crippen molar-refractivity contribution >= 4 is 11.6 Å². The van der Waals surface area contributed by atoms with Crippen LogP contribution in [-0.4, -0.2) is 25.5 Å². The van der Waals surface area contributed by atoms with Crippen LogP contribution in [0.15, 0.2) is 24.3 Å². The standard InChI is InChI=1S/C14H23N3O/c1-11(2)16-14(18)7-8-17(3)13-6-4-5-12(9-13)10-15/h4-6,9,11H,7-8,10,15H2,1-3H3,(H,16,18). The van der Waals surface area contributed by atoms with Gasteiger partial charge in [-0.15, -0.1) is 0 Å². The Hall–Kier alpha value is -1.55. The van der Waals surface area contributed by atoms with E-state index in [4.69, 9.17) is 5.73 Å². The molecule has 1 rings (SSSR count). The molecule has 0 spiro atoms. The van der Waals surface area contributed by atoms with Crippen molar-refractivity contribution < 1.29 is 4.79 Å². The summed E-state index contributed by atoms with van der Waals surface area (Å²) in [5, 5.41) is 2.89. The van der Waals surface area contributed by atoms with E-state index in [-0.39, 0.29) is 11.9 Å². The number of nitrogens with zero attached hydrogens (tertiary/aromatic N) is 1. The van der Waals surface area contributed by atoms with E-state index in [9.17, 15) is 4.79 Å². The monoisotopic (exact) mass is 249 g/mol. The molecular formula is C14H23N3O. The van der Waals surface area contributed by atoms with Gasteiger partial charge in [0, 0.05) is 38.3 Å². The predicted molar refractivity (Wildman–Crippen MR) is 75.5 cm³/mol. The Balaban J connectivity index is 2.49. The first-order valence-corrected chi connectivity index (χ1v) is 6.32. The zero-order chi connectivity index (χ0) is 13.5. The number of benzene rings is 1. The van der Waals surface area contributed by atoms with Crippen LogP contribution in [0, 0.1) is 0 Å². The van der Waals surface area contributed by atoms with E-state index in [1.807, 2.05) is 39.1 Å². The van der Waals surface area contributed by atoms with Gasteiger partial charge in [0.1, 0.15) is 0 Å². The van der Waals surface area contributed by atoms with E-state index in [2.05, 4.69) is 16.3 Å². The van der Waals surface area contributed by atoms with Crippen LogP contribution in [0.4, 0.5) is 5.69 Å². The fourth-order valence-corrected chi connectivity index (χ4v) is 1.71. The summed E-state index contributed by atoms with van der Waals surface area (Å²) in [7, 11) is 1.98. The Bertz CT molecular complexity index is 390. The minimum Gasteiger partial charge on any atom is -0.374 e. The van der Waals surface area contributed by atoms with Crippen LogP contribution < -0.4 is 16.0 Å². The van der Waals surface area contributed by atoms with Gasteiger partial charge >= 0.3 is 0 Å². The first kappa shape index (κ1) is 14.5. The van der Waals surface area contributed by atoms with Crippen molar-refractivity contribution in [3.8, 4) is 0 Å². The highest BCUT2D eigenvalue weighted by Gasteiger charge is 2.06. The molecule has 4 nitrogen and oxygen atoms in total. The van der Waals surface area contributed by atoms with E-state index in [0.29, 0.717) is 19.5 Å². The molecule has 0 saturated heterocycles. The van der Waals surface area contributed by atoms with E-state index >= 15 is 0 Å². The molecule has 0 saturated carbocycles. The van der Waals surface area contributed by atoms with Gasteiger partial charge < -0.3 is 16.0 Å². The summed E-state index contributed by atoms with van der Waals surface area (Å²) in [4.78, 5) is 13.6. The maximum atomic E-state index is 11.6. The SMILES string of the molecule is CC(C)NC(=O)CCN(C)c1cccc(CN)c1. The number of amides is 1. The lowest BCUT2D eigenvalue weighted by atomic mass is 10.2. The van der Waals surface area contributed by atoms with Gasteiger partial charge in [-0.1, -0.05) is 12.1 Å². The smallest absolute Gasteiger partial charge is 0.221 e. The number of nitrogens with two attached hydrogens (primary N) is 1. The van der Waals surface area contributed by atoms with Gasteiger partial charge in [0.25, 0.3) is 0 Å². The average Bonchev–Trinajstić information content (AvgIpc) is 2.35. The van der Waals surface area contributed by atoms with Crippen LogP contribution in [0.1, 0.15) is 25.8 Å². The second-order valence-corrected chi connectivity index (χ2v) is 4.77. The summed E-state index contributed by atoms with van der Waals surface area (Å²) in [6, 6.07) is 8.27. The molecule has 0 atom stereocenters. The summed E-state index contributed by atoms with van der Waals surface area (Å²) < 4.78 is 0. The number of rotatable bonds is 6. The molecule has 0 aliphatic carbocycles. The molecule has 0 heterocycles. The number of nitrogens with one attached hydrogen (secondary N) is 1. The lowest BCUT2D eigenvalue weighted by Gasteiger charge is -2.20. The molecule has 0 radical (unpaired) electrons. The summed E-state index contributed by atoms with van der Waals surface area (Å²) in [5.41, 5.74) is 7.81. The third kappa shape index (κ3) is 4.75. The highest BCUT2D eigenvalue weighted by Crippen LogP contribution is 2.14. The van der Waals surface area contributed by atoms with Crippen LogP contribution in [0.3, 0.4) is 0 Å². The number of hydrogen-bond donors (Lipinski definition) is 2. The highest BCUT2D eigenvalue weighted by molar-refractivity contribution is 5.76. The molecule has 0 aromatic heterocycles. The molecule has 3 N–H and O–H groups in total. The maximum Gasteiger partial charge on any atom is 0.221 e. The van der Waals surface area contributed by atoms with Crippen molar-refractivity contribution in [3.05, 3.63) is 29.8 Å². The van der Waals surface area contributed by atoms with Crippen molar-refractivity contribution in [3.63, 3.8) is 0 Å². The van der Waals surface area contributed by atoms with Gasteiger partial charge in [-0.2, -0.15) is 0 Å². The summed E-state index contributed by atoms with van der Waals surface area (Å²) in [6.07, 6.45) is 0.502. The van der Waals surface area contributed by atoms with Crippen LogP contribution in [-0.2, 0) is 11.3 Å². The molecule has 18 heavy (non-hydrogen) atoms. The highest BCUT2D eigenvalue weighted by atomic mass is 16.1. The molecule has 1 amide bonds. The third-order valence-electron chi connectivity index (χ3n) is 2.71. The molecule has 0 unspecified atom stereocenters. The zero-order valence-electron chi connectivity index (χ0n) is 11.4. The van der Waals surface area contributed by atoms with Crippen LogP contribution in [0.25, 0.3) is 0 Å². The quantitative estimate of drug-likeness (QED) is 0.803. The fourth-order valence-electron chi connectivity index (χ4n) is 1.71. The Labute approximate surface area is 109 Å². The second-order valence-electron chi connectivity index (χ2n) is 4.77. The molecule has 0 aliphatic heterocycles. The number of carbonyl (C=O) groups is 1. The van der Waals surface area contributed by atoms with Gasteiger partial charge in [-0.25, -0.2) is 0 Å². The van der Waals surface area contributed by atoms with Crippen molar-refractivity contribution in [2.24, 2.45) is 5.73 Å². The first-order valence-electron chi connectivity index (χ1n) is 6.32. The molecule has 1 aromatic carbocycles. The summed E-state index contributed by atoms with van der Waals surface area (Å²) in [6.45, 7) is 5.17. The minimum atomic E-state index is 0.0897. The van der Waals surface area contributed by atoms with Crippen LogP contribution >= 0.6 is 0 Å². The van der Waals surface area contributed by atoms with Crippen molar-refractivity contribution in [2.45, 2.75) is 32.9 Å². The van der Waals surface area contributed by atoms with Gasteiger partial charge in [0.2, 0.25) is 5.91 Å². The maximum absolute atomic E-state index is 11.6. The fraction of sp³-hybridized carbons (Fsp3) is 0.500. The van der Waals surface area contributed by atoms with E-state index in [1.54, 1.807) is 0 Å². The zero-order valence-corrected chi connectivity index (χ0v) is 11.4. The summed E-state index contributed by atoms with van der Waals surface area (Å²) in [5.74, 6) is 0.0897. The van der Waals surface area contributed by atoms with Crippen molar-refractivity contribution in [1.29, 1.82) is 0 Å².